The Labute approximate surface area is 192 Å². The van der Waals surface area contributed by atoms with E-state index < -0.39 is 0 Å². The fraction of sp³-hybridized carbons (Fsp3) is 0.320. The van der Waals surface area contributed by atoms with Gasteiger partial charge >= 0.3 is 0 Å². The summed E-state index contributed by atoms with van der Waals surface area (Å²) in [6.07, 6.45) is 0. The lowest BCUT2D eigenvalue weighted by atomic mass is 9.94. The summed E-state index contributed by atoms with van der Waals surface area (Å²) in [5, 5.41) is 7.87. The average Bonchev–Trinajstić information content (AvgIpc) is 3.22. The Kier molecular flexibility index (Phi) is 5.83. The average molecular weight is 446 g/mol. The van der Waals surface area contributed by atoms with E-state index in [-0.39, 0.29) is 11.9 Å². The van der Waals surface area contributed by atoms with Crippen molar-refractivity contribution < 1.29 is 14.3 Å². The number of hydrogen-bond donors (Lipinski definition) is 1. The minimum Gasteiger partial charge on any atom is -0.489 e. The Morgan fingerprint density at radius 2 is 1.82 bits per heavy atom. The van der Waals surface area contributed by atoms with Gasteiger partial charge in [0.25, 0.3) is 5.91 Å². The van der Waals surface area contributed by atoms with Gasteiger partial charge in [-0.2, -0.15) is 10.1 Å². The van der Waals surface area contributed by atoms with E-state index in [1.54, 1.807) is 4.68 Å². The molecule has 0 unspecified atom stereocenters. The fourth-order valence-electron chi connectivity index (χ4n) is 4.27. The van der Waals surface area contributed by atoms with Crippen molar-refractivity contribution in [3.8, 4) is 5.75 Å². The lowest BCUT2D eigenvalue weighted by Crippen LogP contribution is -2.44. The number of aryl methyl sites for hydroxylation is 1. The Balaban J connectivity index is 1.44. The van der Waals surface area contributed by atoms with Crippen LogP contribution in [0.1, 0.15) is 29.9 Å². The number of ether oxygens (including phenoxy) is 2. The standard InChI is InChI=1S/C25H27N5O3/c1-17-22(24(31)29-12-14-32-15-13-29)23(30-25(26-17)27-18(2)28-30)20-8-10-21(11-9-20)33-16-19-6-4-3-5-7-19/h3-11,23H,12-16H2,1-2H3,(H,26,27,28)/t23-/m1/s1. The van der Waals surface area contributed by atoms with Crippen LogP contribution in [-0.2, 0) is 16.1 Å². The Morgan fingerprint density at radius 3 is 2.55 bits per heavy atom. The molecule has 2 aromatic carbocycles. The largest absolute Gasteiger partial charge is 0.489 e. The van der Waals surface area contributed by atoms with E-state index in [1.807, 2.05) is 73.3 Å². The number of carbonyl (C=O) groups is 1. The number of benzene rings is 2. The molecule has 1 aromatic heterocycles. The van der Waals surface area contributed by atoms with Gasteiger partial charge in [-0.15, -0.1) is 0 Å². The van der Waals surface area contributed by atoms with Crippen molar-refractivity contribution >= 4 is 11.9 Å². The van der Waals surface area contributed by atoms with Gasteiger partial charge in [-0.3, -0.25) is 4.79 Å². The molecular formula is C25H27N5O3. The highest BCUT2D eigenvalue weighted by Crippen LogP contribution is 2.36. The molecule has 0 spiro atoms. The quantitative estimate of drug-likeness (QED) is 0.649. The first-order chi connectivity index (χ1) is 16.1. The summed E-state index contributed by atoms with van der Waals surface area (Å²) in [5.41, 5.74) is 3.53. The van der Waals surface area contributed by atoms with Crippen LogP contribution < -0.4 is 10.1 Å². The number of carbonyl (C=O) groups excluding carboxylic acids is 1. The van der Waals surface area contributed by atoms with Gasteiger partial charge in [0.1, 0.15) is 24.2 Å². The molecule has 0 aliphatic carbocycles. The smallest absolute Gasteiger partial charge is 0.254 e. The molecule has 1 N–H and O–H groups in total. The summed E-state index contributed by atoms with van der Waals surface area (Å²) >= 11 is 0. The number of anilines is 1. The monoisotopic (exact) mass is 445 g/mol. The van der Waals surface area contributed by atoms with Crippen LogP contribution in [0.25, 0.3) is 0 Å². The molecule has 5 rings (SSSR count). The fourth-order valence-corrected chi connectivity index (χ4v) is 4.27. The topological polar surface area (TPSA) is 81.5 Å². The van der Waals surface area contributed by atoms with Crippen LogP contribution in [0, 0.1) is 6.92 Å². The summed E-state index contributed by atoms with van der Waals surface area (Å²) in [6.45, 7) is 6.54. The van der Waals surface area contributed by atoms with Gasteiger partial charge in [-0.1, -0.05) is 42.5 Å². The van der Waals surface area contributed by atoms with E-state index in [9.17, 15) is 4.79 Å². The van der Waals surface area contributed by atoms with Gasteiger partial charge < -0.3 is 19.7 Å². The van der Waals surface area contributed by atoms with E-state index in [0.29, 0.717) is 50.3 Å². The second-order valence-electron chi connectivity index (χ2n) is 8.24. The number of allylic oxidation sites excluding steroid dienone is 1. The number of amides is 1. The van der Waals surface area contributed by atoms with Gasteiger partial charge in [-0.25, -0.2) is 4.68 Å². The van der Waals surface area contributed by atoms with Crippen molar-refractivity contribution in [3.05, 3.63) is 82.8 Å². The number of morpholine rings is 1. The summed E-state index contributed by atoms with van der Waals surface area (Å²) in [6, 6.07) is 17.6. The van der Waals surface area contributed by atoms with Crippen LogP contribution in [-0.4, -0.2) is 51.9 Å². The number of nitrogens with zero attached hydrogens (tertiary/aromatic N) is 4. The molecule has 33 heavy (non-hydrogen) atoms. The third-order valence-corrected chi connectivity index (χ3v) is 5.93. The van der Waals surface area contributed by atoms with Crippen molar-refractivity contribution in [1.29, 1.82) is 0 Å². The van der Waals surface area contributed by atoms with E-state index in [4.69, 9.17) is 9.47 Å². The van der Waals surface area contributed by atoms with Crippen molar-refractivity contribution in [2.45, 2.75) is 26.5 Å². The van der Waals surface area contributed by atoms with Gasteiger partial charge in [0.05, 0.1) is 18.8 Å². The maximum absolute atomic E-state index is 13.6. The molecular weight excluding hydrogens is 418 g/mol. The zero-order chi connectivity index (χ0) is 22.8. The SMILES string of the molecule is CC1=C(C(=O)N2CCOCC2)[C@@H](c2ccc(OCc3ccccc3)cc2)n2nc(C)nc2N1. The van der Waals surface area contributed by atoms with Crippen LogP contribution in [0.5, 0.6) is 5.75 Å². The zero-order valence-electron chi connectivity index (χ0n) is 18.8. The molecule has 2 aliphatic heterocycles. The minimum absolute atomic E-state index is 0.00323. The number of fused-ring (bicyclic) bond motifs is 1. The van der Waals surface area contributed by atoms with Crippen LogP contribution in [0.2, 0.25) is 0 Å². The molecule has 0 saturated carbocycles. The summed E-state index contributed by atoms with van der Waals surface area (Å²) in [7, 11) is 0. The molecule has 3 heterocycles. The third-order valence-electron chi connectivity index (χ3n) is 5.93. The Hall–Kier alpha value is -3.65. The lowest BCUT2D eigenvalue weighted by Gasteiger charge is -2.33. The lowest BCUT2D eigenvalue weighted by molar-refractivity contribution is -0.131. The van der Waals surface area contributed by atoms with Crippen LogP contribution in [0.3, 0.4) is 0 Å². The third kappa shape index (κ3) is 4.34. The van der Waals surface area contributed by atoms with E-state index in [2.05, 4.69) is 15.4 Å². The van der Waals surface area contributed by atoms with E-state index in [1.165, 1.54) is 0 Å². The van der Waals surface area contributed by atoms with E-state index >= 15 is 0 Å². The minimum atomic E-state index is -0.374. The number of nitrogens with one attached hydrogen (secondary N) is 1. The Bertz CT molecular complexity index is 1160. The van der Waals surface area contributed by atoms with Crippen molar-refractivity contribution in [3.63, 3.8) is 0 Å². The van der Waals surface area contributed by atoms with Crippen molar-refractivity contribution in [2.75, 3.05) is 31.6 Å². The second-order valence-corrected chi connectivity index (χ2v) is 8.24. The molecule has 0 bridgehead atoms. The van der Waals surface area contributed by atoms with Crippen molar-refractivity contribution in [1.82, 2.24) is 19.7 Å². The van der Waals surface area contributed by atoms with Gasteiger partial charge in [0.15, 0.2) is 0 Å². The molecule has 3 aromatic rings. The van der Waals surface area contributed by atoms with Gasteiger partial charge in [0.2, 0.25) is 5.95 Å². The Morgan fingerprint density at radius 1 is 1.09 bits per heavy atom. The maximum Gasteiger partial charge on any atom is 0.254 e. The molecule has 170 valence electrons. The molecule has 8 heteroatoms. The second kappa shape index (κ2) is 9.07. The molecule has 2 aliphatic rings. The summed E-state index contributed by atoms with van der Waals surface area (Å²) < 4.78 is 13.2. The van der Waals surface area contributed by atoms with Gasteiger partial charge in [-0.05, 0) is 37.1 Å². The predicted molar refractivity (Wildman–Crippen MR) is 124 cm³/mol. The van der Waals surface area contributed by atoms with Crippen LogP contribution in [0.15, 0.2) is 65.9 Å². The molecule has 1 amide bonds. The maximum atomic E-state index is 13.6. The number of rotatable bonds is 5. The first-order valence-electron chi connectivity index (χ1n) is 11.1. The first-order valence-corrected chi connectivity index (χ1v) is 11.1. The van der Waals surface area contributed by atoms with Gasteiger partial charge in [0, 0.05) is 18.8 Å². The van der Waals surface area contributed by atoms with Crippen LogP contribution >= 0.6 is 0 Å². The highest BCUT2D eigenvalue weighted by Gasteiger charge is 2.36. The molecule has 1 fully saturated rings. The molecule has 1 saturated heterocycles. The van der Waals surface area contributed by atoms with Crippen LogP contribution in [0.4, 0.5) is 5.95 Å². The number of hydrogen-bond acceptors (Lipinski definition) is 6. The zero-order valence-corrected chi connectivity index (χ0v) is 18.8. The molecule has 0 radical (unpaired) electrons. The highest BCUT2D eigenvalue weighted by atomic mass is 16.5. The highest BCUT2D eigenvalue weighted by molar-refractivity contribution is 5.96. The first kappa shape index (κ1) is 21.2. The summed E-state index contributed by atoms with van der Waals surface area (Å²) in [5.74, 6) is 2.06. The normalized spacial score (nSPS) is 18.0. The number of aromatic nitrogens is 3. The van der Waals surface area contributed by atoms with Crippen molar-refractivity contribution in [2.24, 2.45) is 0 Å². The summed E-state index contributed by atoms with van der Waals surface area (Å²) in [4.78, 5) is 19.9. The molecule has 8 nitrogen and oxygen atoms in total. The van der Waals surface area contributed by atoms with E-state index in [0.717, 1.165) is 22.6 Å². The predicted octanol–water partition coefficient (Wildman–Crippen LogP) is 3.31. The molecule has 1 atom stereocenters.